The zero-order valence-corrected chi connectivity index (χ0v) is 11.6. The number of hydrogen-bond donors (Lipinski definition) is 0. The molecule has 0 atom stereocenters. The predicted octanol–water partition coefficient (Wildman–Crippen LogP) is 4.24. The Hall–Kier alpha value is -1.54. The highest BCUT2D eigenvalue weighted by molar-refractivity contribution is 6.29. The van der Waals surface area contributed by atoms with Gasteiger partial charge in [0.2, 0.25) is 0 Å². The number of nitrogens with zero attached hydrogens (tertiary/aromatic N) is 1. The quantitative estimate of drug-likeness (QED) is 0.771. The van der Waals surface area contributed by atoms with Gasteiger partial charge in [0.25, 0.3) is 0 Å². The summed E-state index contributed by atoms with van der Waals surface area (Å²) < 4.78 is 5.84. The third-order valence-corrected chi connectivity index (χ3v) is 2.95. The van der Waals surface area contributed by atoms with Gasteiger partial charge in [-0.05, 0) is 44.0 Å². The summed E-state index contributed by atoms with van der Waals surface area (Å²) in [5, 5.41) is 0.494. The zero-order valence-electron chi connectivity index (χ0n) is 10.8. The average Bonchev–Trinajstić information content (AvgIpc) is 2.27. The Bertz CT molecular complexity index is 543. The standard InChI is InChI=1S/C15H16ClNO/c1-10-7-11(2)15(12(3)8-10)18-9-13-5-4-6-14(16)17-13/h4-8H,9H2,1-3H3. The number of pyridine rings is 1. The number of hydrogen-bond acceptors (Lipinski definition) is 2. The molecule has 1 heterocycles. The van der Waals surface area contributed by atoms with Gasteiger partial charge in [-0.25, -0.2) is 4.98 Å². The van der Waals surface area contributed by atoms with E-state index in [1.807, 2.05) is 12.1 Å². The molecule has 0 aliphatic carbocycles. The van der Waals surface area contributed by atoms with E-state index in [4.69, 9.17) is 16.3 Å². The summed E-state index contributed by atoms with van der Waals surface area (Å²) >= 11 is 5.84. The van der Waals surface area contributed by atoms with Crippen LogP contribution in [0.4, 0.5) is 0 Å². The van der Waals surface area contributed by atoms with Crippen molar-refractivity contribution in [2.75, 3.05) is 0 Å². The SMILES string of the molecule is Cc1cc(C)c(OCc2cccc(Cl)n2)c(C)c1. The Morgan fingerprint density at radius 1 is 1.11 bits per heavy atom. The molecule has 0 saturated heterocycles. The first-order chi connectivity index (χ1) is 8.56. The summed E-state index contributed by atoms with van der Waals surface area (Å²) in [5.74, 6) is 0.933. The molecular formula is C15H16ClNO. The third kappa shape index (κ3) is 3.02. The van der Waals surface area contributed by atoms with E-state index in [0.717, 1.165) is 22.6 Å². The number of aryl methyl sites for hydroxylation is 3. The molecule has 1 aromatic heterocycles. The number of aromatic nitrogens is 1. The fraction of sp³-hybridized carbons (Fsp3) is 0.267. The van der Waals surface area contributed by atoms with Crippen molar-refractivity contribution in [1.82, 2.24) is 4.98 Å². The predicted molar refractivity (Wildman–Crippen MR) is 74.2 cm³/mol. The monoisotopic (exact) mass is 261 g/mol. The third-order valence-electron chi connectivity index (χ3n) is 2.74. The Balaban J connectivity index is 2.16. The first-order valence-corrected chi connectivity index (χ1v) is 6.26. The lowest BCUT2D eigenvalue weighted by Crippen LogP contribution is -2.01. The van der Waals surface area contributed by atoms with E-state index in [9.17, 15) is 0 Å². The van der Waals surface area contributed by atoms with Gasteiger partial charge < -0.3 is 4.74 Å². The Kier molecular flexibility index (Phi) is 3.87. The van der Waals surface area contributed by atoms with Crippen molar-refractivity contribution in [2.24, 2.45) is 0 Å². The first kappa shape index (κ1) is 12.9. The molecule has 0 fully saturated rings. The van der Waals surface area contributed by atoms with Crippen molar-refractivity contribution in [2.45, 2.75) is 27.4 Å². The molecule has 0 saturated carbocycles. The highest BCUT2D eigenvalue weighted by Gasteiger charge is 2.06. The number of halogens is 1. The maximum atomic E-state index is 5.84. The van der Waals surface area contributed by atoms with Crippen molar-refractivity contribution < 1.29 is 4.74 Å². The van der Waals surface area contributed by atoms with E-state index in [-0.39, 0.29) is 0 Å². The summed E-state index contributed by atoms with van der Waals surface area (Å²) in [4.78, 5) is 4.21. The Morgan fingerprint density at radius 3 is 2.39 bits per heavy atom. The fourth-order valence-electron chi connectivity index (χ4n) is 2.07. The lowest BCUT2D eigenvalue weighted by Gasteiger charge is -2.12. The number of rotatable bonds is 3. The molecule has 0 aliphatic rings. The molecular weight excluding hydrogens is 246 g/mol. The van der Waals surface area contributed by atoms with Crippen LogP contribution in [-0.2, 0) is 6.61 Å². The largest absolute Gasteiger partial charge is 0.487 e. The van der Waals surface area contributed by atoms with Gasteiger partial charge in [-0.15, -0.1) is 0 Å². The maximum Gasteiger partial charge on any atom is 0.130 e. The van der Waals surface area contributed by atoms with E-state index in [1.165, 1.54) is 5.56 Å². The van der Waals surface area contributed by atoms with Gasteiger partial charge in [0.05, 0.1) is 5.69 Å². The molecule has 0 amide bonds. The van der Waals surface area contributed by atoms with Crippen LogP contribution in [0.3, 0.4) is 0 Å². The van der Waals surface area contributed by atoms with Gasteiger partial charge >= 0.3 is 0 Å². The molecule has 0 N–H and O–H groups in total. The first-order valence-electron chi connectivity index (χ1n) is 5.88. The van der Waals surface area contributed by atoms with Gasteiger partial charge in [-0.2, -0.15) is 0 Å². The second-order valence-electron chi connectivity index (χ2n) is 4.47. The fourth-order valence-corrected chi connectivity index (χ4v) is 2.25. The number of benzene rings is 1. The summed E-state index contributed by atoms with van der Waals surface area (Å²) in [6.45, 7) is 6.63. The number of ether oxygens (including phenoxy) is 1. The van der Waals surface area contributed by atoms with Crippen molar-refractivity contribution in [1.29, 1.82) is 0 Å². The topological polar surface area (TPSA) is 22.1 Å². The highest BCUT2D eigenvalue weighted by atomic mass is 35.5. The molecule has 0 aliphatic heterocycles. The molecule has 1 aromatic carbocycles. The van der Waals surface area contributed by atoms with Crippen molar-refractivity contribution in [3.63, 3.8) is 0 Å². The van der Waals surface area contributed by atoms with Crippen LogP contribution in [0, 0.1) is 20.8 Å². The van der Waals surface area contributed by atoms with Crippen LogP contribution < -0.4 is 4.74 Å². The normalized spacial score (nSPS) is 10.4. The molecule has 18 heavy (non-hydrogen) atoms. The molecule has 2 rings (SSSR count). The second-order valence-corrected chi connectivity index (χ2v) is 4.86. The summed E-state index contributed by atoms with van der Waals surface area (Å²) in [6.07, 6.45) is 0. The molecule has 3 heteroatoms. The molecule has 0 bridgehead atoms. The summed E-state index contributed by atoms with van der Waals surface area (Å²) in [7, 11) is 0. The molecule has 0 spiro atoms. The molecule has 2 aromatic rings. The average molecular weight is 262 g/mol. The van der Waals surface area contributed by atoms with Gasteiger partial charge in [0.1, 0.15) is 17.5 Å². The minimum absolute atomic E-state index is 0.436. The highest BCUT2D eigenvalue weighted by Crippen LogP contribution is 2.25. The van der Waals surface area contributed by atoms with Crippen molar-refractivity contribution in [3.05, 3.63) is 57.9 Å². The van der Waals surface area contributed by atoms with Crippen LogP contribution in [0.2, 0.25) is 5.15 Å². The van der Waals surface area contributed by atoms with Gasteiger partial charge in [0, 0.05) is 0 Å². The van der Waals surface area contributed by atoms with Crippen LogP contribution in [0.5, 0.6) is 5.75 Å². The van der Waals surface area contributed by atoms with Crippen LogP contribution >= 0.6 is 11.6 Å². The Morgan fingerprint density at radius 2 is 1.78 bits per heavy atom. The molecule has 0 unspecified atom stereocenters. The maximum absolute atomic E-state index is 5.84. The summed E-state index contributed by atoms with van der Waals surface area (Å²) in [6, 6.07) is 9.78. The van der Waals surface area contributed by atoms with E-state index in [1.54, 1.807) is 6.07 Å². The minimum atomic E-state index is 0.436. The van der Waals surface area contributed by atoms with E-state index in [0.29, 0.717) is 11.8 Å². The van der Waals surface area contributed by atoms with Crippen molar-refractivity contribution >= 4 is 11.6 Å². The second kappa shape index (κ2) is 5.40. The van der Waals surface area contributed by atoms with Gasteiger partial charge in [-0.1, -0.05) is 35.4 Å². The Labute approximate surface area is 113 Å². The van der Waals surface area contributed by atoms with E-state index in [2.05, 4.69) is 37.9 Å². The lowest BCUT2D eigenvalue weighted by atomic mass is 10.1. The molecule has 94 valence electrons. The van der Waals surface area contributed by atoms with Crippen LogP contribution in [0.25, 0.3) is 0 Å². The zero-order chi connectivity index (χ0) is 13.1. The minimum Gasteiger partial charge on any atom is -0.487 e. The van der Waals surface area contributed by atoms with Crippen LogP contribution in [-0.4, -0.2) is 4.98 Å². The smallest absolute Gasteiger partial charge is 0.130 e. The molecule has 0 radical (unpaired) electrons. The lowest BCUT2D eigenvalue weighted by molar-refractivity contribution is 0.297. The van der Waals surface area contributed by atoms with E-state index < -0.39 is 0 Å². The van der Waals surface area contributed by atoms with Crippen LogP contribution in [0.15, 0.2) is 30.3 Å². The van der Waals surface area contributed by atoms with Crippen molar-refractivity contribution in [3.8, 4) is 5.75 Å². The molecule has 2 nitrogen and oxygen atoms in total. The van der Waals surface area contributed by atoms with Gasteiger partial charge in [0.15, 0.2) is 0 Å². The van der Waals surface area contributed by atoms with Gasteiger partial charge in [-0.3, -0.25) is 0 Å². The van der Waals surface area contributed by atoms with E-state index >= 15 is 0 Å². The van der Waals surface area contributed by atoms with Crippen LogP contribution in [0.1, 0.15) is 22.4 Å². The summed E-state index contributed by atoms with van der Waals surface area (Å²) in [5.41, 5.74) is 4.38.